The van der Waals surface area contributed by atoms with Crippen molar-refractivity contribution in [2.75, 3.05) is 14.2 Å². The maximum absolute atomic E-state index is 5.38. The molecule has 0 atom stereocenters. The van der Waals surface area contributed by atoms with E-state index in [-0.39, 0.29) is 0 Å². The Balaban J connectivity index is 1.95. The van der Waals surface area contributed by atoms with Crippen LogP contribution in [0.2, 0.25) is 0 Å². The molecule has 1 N–H and O–H groups in total. The van der Waals surface area contributed by atoms with Gasteiger partial charge in [0.2, 0.25) is 0 Å². The first-order valence-electron chi connectivity index (χ1n) is 6.76. The molecule has 0 spiro atoms. The van der Waals surface area contributed by atoms with Gasteiger partial charge in [-0.05, 0) is 36.8 Å². The van der Waals surface area contributed by atoms with E-state index in [2.05, 4.69) is 24.4 Å². The van der Waals surface area contributed by atoms with Crippen molar-refractivity contribution in [1.82, 2.24) is 5.32 Å². The quantitative estimate of drug-likeness (QED) is 0.845. The molecule has 0 unspecified atom stereocenters. The number of aryl methyl sites for hydroxylation is 1. The second-order valence-electron chi connectivity index (χ2n) is 4.50. The Hall–Kier alpha value is -1.52. The summed E-state index contributed by atoms with van der Waals surface area (Å²) in [5, 5.41) is 3.46. The van der Waals surface area contributed by atoms with Crippen molar-refractivity contribution in [2.24, 2.45) is 0 Å². The van der Waals surface area contributed by atoms with Gasteiger partial charge in [0, 0.05) is 28.4 Å². The minimum Gasteiger partial charge on any atom is -0.497 e. The summed E-state index contributed by atoms with van der Waals surface area (Å²) in [6.45, 7) is 3.83. The number of benzene rings is 1. The number of hydrogen-bond donors (Lipinski definition) is 1. The molecule has 1 aromatic carbocycles. The molecule has 0 saturated heterocycles. The molecule has 0 amide bonds. The number of nitrogens with one attached hydrogen (secondary N) is 1. The van der Waals surface area contributed by atoms with Crippen molar-refractivity contribution in [1.29, 1.82) is 0 Å². The number of ether oxygens (including phenoxy) is 2. The average Bonchev–Trinajstić information content (AvgIpc) is 2.95. The van der Waals surface area contributed by atoms with Gasteiger partial charge in [0.05, 0.1) is 14.2 Å². The van der Waals surface area contributed by atoms with E-state index in [0.29, 0.717) is 0 Å². The van der Waals surface area contributed by atoms with E-state index in [1.165, 1.54) is 9.75 Å². The Kier molecular flexibility index (Phi) is 5.44. The number of methoxy groups -OCH3 is 2. The molecule has 0 saturated carbocycles. The third-order valence-corrected chi connectivity index (χ3v) is 4.40. The molecule has 20 heavy (non-hydrogen) atoms. The van der Waals surface area contributed by atoms with Crippen molar-refractivity contribution in [3.63, 3.8) is 0 Å². The predicted octanol–water partition coefficient (Wildman–Crippen LogP) is 3.62. The summed E-state index contributed by atoms with van der Waals surface area (Å²) in [6.07, 6.45) is 1.11. The molecule has 1 heterocycles. The van der Waals surface area contributed by atoms with Crippen LogP contribution in [0.25, 0.3) is 0 Å². The summed E-state index contributed by atoms with van der Waals surface area (Å²) in [6, 6.07) is 10.3. The number of hydrogen-bond acceptors (Lipinski definition) is 4. The molecule has 2 aromatic rings. The van der Waals surface area contributed by atoms with Crippen LogP contribution in [-0.2, 0) is 19.5 Å². The SMILES string of the molecule is CCc1ccc(CNCc2cc(OC)ccc2OC)s1. The highest BCUT2D eigenvalue weighted by atomic mass is 32.1. The summed E-state index contributed by atoms with van der Waals surface area (Å²) in [5.41, 5.74) is 1.11. The standard InChI is InChI=1S/C16H21NO2S/c1-4-14-6-7-15(20-14)11-17-10-12-9-13(18-2)5-8-16(12)19-3/h5-9,17H,4,10-11H2,1-3H3. The van der Waals surface area contributed by atoms with Crippen LogP contribution in [0.1, 0.15) is 22.2 Å². The molecule has 4 heteroatoms. The summed E-state index contributed by atoms with van der Waals surface area (Å²) in [5.74, 6) is 1.74. The predicted molar refractivity (Wildman–Crippen MR) is 83.8 cm³/mol. The van der Waals surface area contributed by atoms with Crippen LogP contribution in [0.15, 0.2) is 30.3 Å². The summed E-state index contributed by atoms with van der Waals surface area (Å²) in [7, 11) is 3.37. The molecule has 1 aromatic heterocycles. The Labute approximate surface area is 124 Å². The van der Waals surface area contributed by atoms with Crippen LogP contribution in [0.4, 0.5) is 0 Å². The zero-order chi connectivity index (χ0) is 14.4. The minimum absolute atomic E-state index is 0.764. The van der Waals surface area contributed by atoms with Gasteiger partial charge in [-0.25, -0.2) is 0 Å². The van der Waals surface area contributed by atoms with E-state index in [4.69, 9.17) is 9.47 Å². The van der Waals surface area contributed by atoms with Gasteiger partial charge in [-0.3, -0.25) is 0 Å². The molecule has 0 aliphatic rings. The van der Waals surface area contributed by atoms with E-state index in [9.17, 15) is 0 Å². The third-order valence-electron chi connectivity index (χ3n) is 3.17. The lowest BCUT2D eigenvalue weighted by atomic mass is 10.2. The Morgan fingerprint density at radius 1 is 1.00 bits per heavy atom. The third kappa shape index (κ3) is 3.74. The van der Waals surface area contributed by atoms with Gasteiger partial charge < -0.3 is 14.8 Å². The maximum Gasteiger partial charge on any atom is 0.123 e. The molecule has 3 nitrogen and oxygen atoms in total. The Bertz CT molecular complexity index is 551. The fraction of sp³-hybridized carbons (Fsp3) is 0.375. The molecule has 0 bridgehead atoms. The van der Waals surface area contributed by atoms with Crippen LogP contribution < -0.4 is 14.8 Å². The van der Waals surface area contributed by atoms with Crippen molar-refractivity contribution in [2.45, 2.75) is 26.4 Å². The van der Waals surface area contributed by atoms with E-state index in [1.54, 1.807) is 14.2 Å². The van der Waals surface area contributed by atoms with E-state index < -0.39 is 0 Å². The molecular formula is C16H21NO2S. The van der Waals surface area contributed by atoms with Crippen LogP contribution in [0.3, 0.4) is 0 Å². The van der Waals surface area contributed by atoms with Gasteiger partial charge in [-0.15, -0.1) is 11.3 Å². The second kappa shape index (κ2) is 7.31. The van der Waals surface area contributed by atoms with Gasteiger partial charge in [0.25, 0.3) is 0 Å². The lowest BCUT2D eigenvalue weighted by molar-refractivity contribution is 0.397. The Morgan fingerprint density at radius 2 is 1.80 bits per heavy atom. The molecule has 0 radical (unpaired) electrons. The van der Waals surface area contributed by atoms with Crippen molar-refractivity contribution >= 4 is 11.3 Å². The summed E-state index contributed by atoms with van der Waals surface area (Å²) < 4.78 is 10.6. The molecule has 108 valence electrons. The van der Waals surface area contributed by atoms with Gasteiger partial charge in [0.15, 0.2) is 0 Å². The fourth-order valence-electron chi connectivity index (χ4n) is 2.05. The molecule has 0 aliphatic heterocycles. The first-order valence-corrected chi connectivity index (χ1v) is 7.57. The largest absolute Gasteiger partial charge is 0.497 e. The van der Waals surface area contributed by atoms with Crippen molar-refractivity contribution in [3.05, 3.63) is 45.6 Å². The molecule has 2 rings (SSSR count). The van der Waals surface area contributed by atoms with Crippen molar-refractivity contribution < 1.29 is 9.47 Å². The lowest BCUT2D eigenvalue weighted by Crippen LogP contribution is -2.12. The highest BCUT2D eigenvalue weighted by Gasteiger charge is 2.05. The monoisotopic (exact) mass is 291 g/mol. The first kappa shape index (κ1) is 14.9. The van der Waals surface area contributed by atoms with E-state index in [1.807, 2.05) is 29.5 Å². The zero-order valence-electron chi connectivity index (χ0n) is 12.2. The highest BCUT2D eigenvalue weighted by molar-refractivity contribution is 7.11. The highest BCUT2D eigenvalue weighted by Crippen LogP contribution is 2.24. The molecule has 0 aliphatic carbocycles. The summed E-state index contributed by atoms with van der Waals surface area (Å²) in [4.78, 5) is 2.80. The van der Waals surface area contributed by atoms with E-state index >= 15 is 0 Å². The van der Waals surface area contributed by atoms with Crippen LogP contribution >= 0.6 is 11.3 Å². The zero-order valence-corrected chi connectivity index (χ0v) is 13.0. The maximum atomic E-state index is 5.38. The number of thiophene rings is 1. The number of rotatable bonds is 7. The van der Waals surface area contributed by atoms with Crippen LogP contribution in [-0.4, -0.2) is 14.2 Å². The second-order valence-corrected chi connectivity index (χ2v) is 5.76. The topological polar surface area (TPSA) is 30.5 Å². The van der Waals surface area contributed by atoms with Gasteiger partial charge >= 0.3 is 0 Å². The van der Waals surface area contributed by atoms with Gasteiger partial charge in [-0.2, -0.15) is 0 Å². The van der Waals surface area contributed by atoms with Crippen molar-refractivity contribution in [3.8, 4) is 11.5 Å². The minimum atomic E-state index is 0.764. The smallest absolute Gasteiger partial charge is 0.123 e. The molecular weight excluding hydrogens is 270 g/mol. The van der Waals surface area contributed by atoms with Gasteiger partial charge in [0.1, 0.15) is 11.5 Å². The lowest BCUT2D eigenvalue weighted by Gasteiger charge is -2.11. The van der Waals surface area contributed by atoms with Gasteiger partial charge in [-0.1, -0.05) is 6.92 Å². The van der Waals surface area contributed by atoms with Crippen LogP contribution in [0, 0.1) is 0 Å². The van der Waals surface area contributed by atoms with E-state index in [0.717, 1.165) is 36.6 Å². The molecule has 0 fully saturated rings. The van der Waals surface area contributed by atoms with Crippen LogP contribution in [0.5, 0.6) is 11.5 Å². The first-order chi connectivity index (χ1) is 9.76. The average molecular weight is 291 g/mol. The normalized spacial score (nSPS) is 10.6. The fourth-order valence-corrected chi connectivity index (χ4v) is 2.98. The summed E-state index contributed by atoms with van der Waals surface area (Å²) >= 11 is 1.87. The Morgan fingerprint density at radius 3 is 2.45 bits per heavy atom.